The summed E-state index contributed by atoms with van der Waals surface area (Å²) in [4.78, 5) is 33.0. The summed E-state index contributed by atoms with van der Waals surface area (Å²) in [7, 11) is 3.85. The molecule has 0 bridgehead atoms. The zero-order chi connectivity index (χ0) is 20.1. The Morgan fingerprint density at radius 1 is 1.29 bits per heavy atom. The molecule has 7 nitrogen and oxygen atoms in total. The number of aromatic nitrogens is 1. The molecule has 0 spiro atoms. The summed E-state index contributed by atoms with van der Waals surface area (Å²) in [6.07, 6.45) is 1.95. The van der Waals surface area contributed by atoms with E-state index in [4.69, 9.17) is 4.74 Å². The first-order valence-electron chi connectivity index (χ1n) is 9.41. The molecule has 0 aliphatic carbocycles. The molecular weight excluding hydrogens is 356 g/mol. The molecule has 1 saturated heterocycles. The third kappa shape index (κ3) is 4.42. The monoisotopic (exact) mass is 382 g/mol. The summed E-state index contributed by atoms with van der Waals surface area (Å²) in [5, 5.41) is 2.92. The van der Waals surface area contributed by atoms with Crippen LogP contribution in [-0.4, -0.2) is 44.0 Å². The van der Waals surface area contributed by atoms with Crippen LogP contribution in [0, 0.1) is 5.92 Å². The number of anilines is 2. The van der Waals surface area contributed by atoms with E-state index in [9.17, 15) is 9.59 Å². The Hall–Kier alpha value is -3.09. The van der Waals surface area contributed by atoms with Gasteiger partial charge < -0.3 is 19.9 Å². The van der Waals surface area contributed by atoms with Crippen LogP contribution in [0.15, 0.2) is 42.6 Å². The van der Waals surface area contributed by atoms with E-state index in [-0.39, 0.29) is 24.2 Å². The van der Waals surface area contributed by atoms with Crippen molar-refractivity contribution < 1.29 is 14.3 Å². The van der Waals surface area contributed by atoms with Crippen molar-refractivity contribution in [1.29, 1.82) is 0 Å². The van der Waals surface area contributed by atoms with E-state index < -0.39 is 0 Å². The van der Waals surface area contributed by atoms with Crippen LogP contribution >= 0.6 is 0 Å². The number of ether oxygens (including phenoxy) is 1. The molecule has 1 aromatic heterocycles. The average Bonchev–Trinajstić information content (AvgIpc) is 3.09. The topological polar surface area (TPSA) is 74.8 Å². The Morgan fingerprint density at radius 3 is 2.75 bits per heavy atom. The molecule has 0 saturated carbocycles. The molecule has 148 valence electrons. The molecule has 3 rings (SSSR count). The van der Waals surface area contributed by atoms with Crippen molar-refractivity contribution in [3.8, 4) is 5.75 Å². The van der Waals surface area contributed by atoms with Gasteiger partial charge >= 0.3 is 0 Å². The summed E-state index contributed by atoms with van der Waals surface area (Å²) < 4.78 is 5.62. The third-order valence-electron chi connectivity index (χ3n) is 4.69. The fourth-order valence-electron chi connectivity index (χ4n) is 3.19. The summed E-state index contributed by atoms with van der Waals surface area (Å²) in [6.45, 7) is 3.16. The summed E-state index contributed by atoms with van der Waals surface area (Å²) in [5.41, 5.74) is 1.63. The van der Waals surface area contributed by atoms with Gasteiger partial charge in [0.05, 0.1) is 18.2 Å². The maximum atomic E-state index is 12.6. The molecule has 2 heterocycles. The minimum absolute atomic E-state index is 0.0655. The maximum absolute atomic E-state index is 12.6. The van der Waals surface area contributed by atoms with Crippen LogP contribution < -0.4 is 19.9 Å². The highest BCUT2D eigenvalue weighted by molar-refractivity contribution is 6.01. The van der Waals surface area contributed by atoms with Gasteiger partial charge in [0.25, 0.3) is 0 Å². The number of hydrogen-bond acceptors (Lipinski definition) is 5. The number of para-hydroxylation sites is 2. The molecule has 1 fully saturated rings. The Kier molecular flexibility index (Phi) is 6.13. The Balaban J connectivity index is 1.61. The van der Waals surface area contributed by atoms with Crippen LogP contribution in [0.3, 0.4) is 0 Å². The number of nitrogens with zero attached hydrogens (tertiary/aromatic N) is 3. The molecule has 7 heteroatoms. The van der Waals surface area contributed by atoms with Crippen molar-refractivity contribution in [2.75, 3.05) is 37.0 Å². The maximum Gasteiger partial charge on any atom is 0.227 e. The van der Waals surface area contributed by atoms with Crippen molar-refractivity contribution in [1.82, 2.24) is 10.3 Å². The first kappa shape index (κ1) is 19.7. The first-order chi connectivity index (χ1) is 13.5. The molecule has 1 aliphatic rings. The van der Waals surface area contributed by atoms with Crippen molar-refractivity contribution >= 4 is 23.3 Å². The highest BCUT2D eigenvalue weighted by atomic mass is 16.5. The largest absolute Gasteiger partial charge is 0.492 e. The van der Waals surface area contributed by atoms with Crippen LogP contribution in [0.5, 0.6) is 5.75 Å². The van der Waals surface area contributed by atoms with Crippen molar-refractivity contribution in [3.63, 3.8) is 0 Å². The van der Waals surface area contributed by atoms with Gasteiger partial charge in [0.2, 0.25) is 11.8 Å². The normalized spacial score (nSPS) is 16.2. The molecule has 2 amide bonds. The number of nitrogens with one attached hydrogen (secondary N) is 1. The zero-order valence-electron chi connectivity index (χ0n) is 16.5. The number of amides is 2. The van der Waals surface area contributed by atoms with Gasteiger partial charge in [-0.15, -0.1) is 0 Å². The Morgan fingerprint density at radius 2 is 2.07 bits per heavy atom. The van der Waals surface area contributed by atoms with Gasteiger partial charge in [-0.2, -0.15) is 0 Å². The van der Waals surface area contributed by atoms with E-state index in [1.165, 1.54) is 0 Å². The van der Waals surface area contributed by atoms with Gasteiger partial charge in [0.15, 0.2) is 0 Å². The molecule has 1 N–H and O–H groups in total. The summed E-state index contributed by atoms with van der Waals surface area (Å²) in [5.74, 6) is 0.952. The van der Waals surface area contributed by atoms with Gasteiger partial charge in [0.1, 0.15) is 11.6 Å². The lowest BCUT2D eigenvalue weighted by atomic mass is 10.1. The Labute approximate surface area is 165 Å². The summed E-state index contributed by atoms with van der Waals surface area (Å²) >= 11 is 0. The number of pyridine rings is 1. The smallest absolute Gasteiger partial charge is 0.227 e. The van der Waals surface area contributed by atoms with E-state index in [1.807, 2.05) is 62.3 Å². The second-order valence-corrected chi connectivity index (χ2v) is 6.94. The van der Waals surface area contributed by atoms with Crippen LogP contribution in [0.25, 0.3) is 0 Å². The number of carbonyl (C=O) groups excluding carboxylic acids is 2. The summed E-state index contributed by atoms with van der Waals surface area (Å²) in [6, 6.07) is 11.3. The third-order valence-corrected chi connectivity index (χ3v) is 4.69. The van der Waals surface area contributed by atoms with Gasteiger partial charge in [0, 0.05) is 39.8 Å². The molecule has 1 aromatic carbocycles. The highest BCUT2D eigenvalue weighted by Crippen LogP contribution is 2.33. The second kappa shape index (κ2) is 8.73. The van der Waals surface area contributed by atoms with Gasteiger partial charge in [-0.05, 0) is 30.7 Å². The molecular formula is C21H26N4O3. The molecule has 0 radical (unpaired) electrons. The van der Waals surface area contributed by atoms with Crippen molar-refractivity contribution in [2.24, 2.45) is 5.92 Å². The SMILES string of the molecule is CCOc1ccccc1N1CC(C(=O)NCc2ccc(N(C)C)nc2)CC1=O. The van der Waals surface area contributed by atoms with E-state index in [0.717, 1.165) is 11.4 Å². The fraction of sp³-hybridized carbons (Fsp3) is 0.381. The predicted octanol–water partition coefficient (Wildman–Crippen LogP) is 2.22. The first-order valence-corrected chi connectivity index (χ1v) is 9.41. The number of benzene rings is 1. The van der Waals surface area contributed by atoms with Gasteiger partial charge in [-0.1, -0.05) is 18.2 Å². The van der Waals surface area contributed by atoms with Crippen LogP contribution in [0.1, 0.15) is 18.9 Å². The molecule has 1 unspecified atom stereocenters. The van der Waals surface area contributed by atoms with E-state index >= 15 is 0 Å². The van der Waals surface area contributed by atoms with Gasteiger partial charge in [-0.25, -0.2) is 4.98 Å². The predicted molar refractivity (Wildman–Crippen MR) is 108 cm³/mol. The lowest BCUT2D eigenvalue weighted by Crippen LogP contribution is -2.32. The standard InChI is InChI=1S/C21H26N4O3/c1-4-28-18-8-6-5-7-17(18)25-14-16(11-20(25)26)21(27)23-13-15-9-10-19(22-12-15)24(2)3/h5-10,12,16H,4,11,13-14H2,1-3H3,(H,23,27). The molecule has 1 atom stereocenters. The molecule has 28 heavy (non-hydrogen) atoms. The van der Waals surface area contributed by atoms with Crippen LogP contribution in [0.2, 0.25) is 0 Å². The quantitative estimate of drug-likeness (QED) is 0.795. The number of rotatable bonds is 7. The minimum atomic E-state index is -0.379. The fourth-order valence-corrected chi connectivity index (χ4v) is 3.19. The van der Waals surface area contributed by atoms with Crippen LogP contribution in [0.4, 0.5) is 11.5 Å². The van der Waals surface area contributed by atoms with E-state index in [2.05, 4.69) is 10.3 Å². The highest BCUT2D eigenvalue weighted by Gasteiger charge is 2.36. The van der Waals surface area contributed by atoms with Crippen molar-refractivity contribution in [3.05, 3.63) is 48.2 Å². The molecule has 2 aromatic rings. The number of carbonyl (C=O) groups is 2. The van der Waals surface area contributed by atoms with Gasteiger partial charge in [-0.3, -0.25) is 9.59 Å². The van der Waals surface area contributed by atoms with E-state index in [0.29, 0.717) is 31.1 Å². The second-order valence-electron chi connectivity index (χ2n) is 6.94. The lowest BCUT2D eigenvalue weighted by molar-refractivity contribution is -0.126. The zero-order valence-corrected chi connectivity index (χ0v) is 16.5. The molecule has 1 aliphatic heterocycles. The number of hydrogen-bond donors (Lipinski definition) is 1. The average molecular weight is 382 g/mol. The van der Waals surface area contributed by atoms with Crippen LogP contribution in [-0.2, 0) is 16.1 Å². The van der Waals surface area contributed by atoms with E-state index in [1.54, 1.807) is 11.1 Å². The minimum Gasteiger partial charge on any atom is -0.492 e. The lowest BCUT2D eigenvalue weighted by Gasteiger charge is -2.20. The van der Waals surface area contributed by atoms with Crippen molar-refractivity contribution in [2.45, 2.75) is 19.9 Å². The Bertz CT molecular complexity index is 836.